The van der Waals surface area contributed by atoms with Crippen molar-refractivity contribution in [3.05, 3.63) is 5.82 Å². The summed E-state index contributed by atoms with van der Waals surface area (Å²) >= 11 is 1.42. The van der Waals surface area contributed by atoms with E-state index in [4.69, 9.17) is 10.8 Å². The van der Waals surface area contributed by atoms with Crippen LogP contribution in [0.15, 0.2) is 0 Å². The van der Waals surface area contributed by atoms with Gasteiger partial charge in [0.2, 0.25) is 0 Å². The molecule has 1 aromatic rings. The maximum absolute atomic E-state index is 10.5. The molecule has 1 aromatic heterocycles. The number of aryl methyl sites for hydroxylation is 1. The van der Waals surface area contributed by atoms with Gasteiger partial charge >= 0.3 is 5.97 Å². The predicted octanol–water partition coefficient (Wildman–Crippen LogP) is -0.272. The molecule has 3 N–H and O–H groups in total. The second-order valence-corrected chi connectivity index (χ2v) is 4.31. The summed E-state index contributed by atoms with van der Waals surface area (Å²) in [5.41, 5.74) is 5.37. The average molecular weight is 245 g/mol. The van der Waals surface area contributed by atoms with Crippen molar-refractivity contribution in [2.24, 2.45) is 5.73 Å². The molecule has 0 bridgehead atoms. The third-order valence-electron chi connectivity index (χ3n) is 1.89. The van der Waals surface area contributed by atoms with E-state index in [0.29, 0.717) is 11.5 Å². The Bertz CT molecular complexity index is 343. The fourth-order valence-electron chi connectivity index (χ4n) is 1.06. The molecule has 8 heteroatoms. The van der Waals surface area contributed by atoms with Gasteiger partial charge in [-0.25, -0.2) is 4.68 Å². The van der Waals surface area contributed by atoms with Gasteiger partial charge in [-0.15, -0.1) is 5.10 Å². The van der Waals surface area contributed by atoms with Gasteiger partial charge in [-0.05, 0) is 16.8 Å². The Morgan fingerprint density at radius 3 is 3.06 bits per heavy atom. The molecule has 0 saturated carbocycles. The topological polar surface area (TPSA) is 107 Å². The number of thioether (sulfide) groups is 1. The summed E-state index contributed by atoms with van der Waals surface area (Å²) in [5, 5.41) is 19.9. The van der Waals surface area contributed by atoms with Gasteiger partial charge < -0.3 is 10.8 Å². The second kappa shape index (κ2) is 6.44. The number of carbonyl (C=O) groups is 1. The number of nitrogens with zero attached hydrogens (tertiary/aromatic N) is 4. The van der Waals surface area contributed by atoms with E-state index in [1.54, 1.807) is 4.68 Å². The van der Waals surface area contributed by atoms with Crippen molar-refractivity contribution in [1.82, 2.24) is 20.2 Å². The monoisotopic (exact) mass is 245 g/mol. The van der Waals surface area contributed by atoms with E-state index in [9.17, 15) is 4.79 Å². The Balaban J connectivity index is 2.36. The second-order valence-electron chi connectivity index (χ2n) is 3.28. The SMILES string of the molecule is CCCn1nnnc1CSC[C@@H](N)C(=O)O. The van der Waals surface area contributed by atoms with Crippen LogP contribution in [0.2, 0.25) is 0 Å². The molecule has 1 rings (SSSR count). The highest BCUT2D eigenvalue weighted by atomic mass is 32.2. The fraction of sp³-hybridized carbons (Fsp3) is 0.750. The Labute approximate surface area is 97.4 Å². The summed E-state index contributed by atoms with van der Waals surface area (Å²) in [6.07, 6.45) is 0.956. The minimum Gasteiger partial charge on any atom is -0.480 e. The molecule has 0 amide bonds. The number of aromatic nitrogens is 4. The maximum atomic E-state index is 10.5. The van der Waals surface area contributed by atoms with Gasteiger partial charge in [0, 0.05) is 12.3 Å². The number of carboxylic acid groups (broad SMARTS) is 1. The van der Waals surface area contributed by atoms with Crippen LogP contribution in [-0.4, -0.2) is 43.1 Å². The van der Waals surface area contributed by atoms with Crippen molar-refractivity contribution < 1.29 is 9.90 Å². The number of aliphatic carboxylic acids is 1. The highest BCUT2D eigenvalue weighted by molar-refractivity contribution is 7.98. The smallest absolute Gasteiger partial charge is 0.321 e. The molecule has 0 aliphatic carbocycles. The molecule has 0 unspecified atom stereocenters. The summed E-state index contributed by atoms with van der Waals surface area (Å²) < 4.78 is 1.72. The predicted molar refractivity (Wildman–Crippen MR) is 59.9 cm³/mol. The third-order valence-corrected chi connectivity index (χ3v) is 2.94. The quantitative estimate of drug-likeness (QED) is 0.680. The summed E-state index contributed by atoms with van der Waals surface area (Å²) in [6.45, 7) is 2.81. The number of rotatable bonds is 7. The van der Waals surface area contributed by atoms with Crippen LogP contribution in [0.1, 0.15) is 19.2 Å². The van der Waals surface area contributed by atoms with E-state index in [1.165, 1.54) is 11.8 Å². The van der Waals surface area contributed by atoms with Crippen molar-refractivity contribution in [3.63, 3.8) is 0 Å². The van der Waals surface area contributed by atoms with Crippen LogP contribution in [-0.2, 0) is 17.1 Å². The lowest BCUT2D eigenvalue weighted by molar-refractivity contribution is -0.137. The largest absolute Gasteiger partial charge is 0.480 e. The molecule has 7 nitrogen and oxygen atoms in total. The zero-order chi connectivity index (χ0) is 12.0. The van der Waals surface area contributed by atoms with Crippen molar-refractivity contribution in [3.8, 4) is 0 Å². The van der Waals surface area contributed by atoms with Crippen LogP contribution in [0.3, 0.4) is 0 Å². The summed E-state index contributed by atoms with van der Waals surface area (Å²) in [5.74, 6) is 0.701. The van der Waals surface area contributed by atoms with E-state index in [1.807, 2.05) is 6.92 Å². The van der Waals surface area contributed by atoms with Crippen molar-refractivity contribution in [2.75, 3.05) is 5.75 Å². The van der Waals surface area contributed by atoms with Gasteiger partial charge in [0.15, 0.2) is 5.82 Å². The molecule has 1 heterocycles. The number of hydrogen-bond donors (Lipinski definition) is 2. The van der Waals surface area contributed by atoms with Gasteiger partial charge in [0.05, 0.1) is 5.75 Å². The summed E-state index contributed by atoms with van der Waals surface area (Å²) in [4.78, 5) is 10.5. The van der Waals surface area contributed by atoms with Crippen LogP contribution in [0.25, 0.3) is 0 Å². The number of nitrogens with two attached hydrogens (primary N) is 1. The van der Waals surface area contributed by atoms with Crippen LogP contribution in [0.4, 0.5) is 0 Å². The van der Waals surface area contributed by atoms with Crippen LogP contribution >= 0.6 is 11.8 Å². The molecule has 0 aromatic carbocycles. The van der Waals surface area contributed by atoms with E-state index in [-0.39, 0.29) is 0 Å². The molecule has 0 radical (unpaired) electrons. The van der Waals surface area contributed by atoms with E-state index >= 15 is 0 Å². The van der Waals surface area contributed by atoms with Crippen molar-refractivity contribution in [1.29, 1.82) is 0 Å². The lowest BCUT2D eigenvalue weighted by Gasteiger charge is -2.05. The van der Waals surface area contributed by atoms with Gasteiger partial charge in [0.25, 0.3) is 0 Å². The molecule has 1 atom stereocenters. The Hall–Kier alpha value is -1.15. The highest BCUT2D eigenvalue weighted by Gasteiger charge is 2.12. The molecule has 0 aliphatic rings. The first-order valence-corrected chi connectivity index (χ1v) is 6.11. The molecule has 0 aliphatic heterocycles. The first kappa shape index (κ1) is 12.9. The Morgan fingerprint density at radius 1 is 1.69 bits per heavy atom. The zero-order valence-corrected chi connectivity index (χ0v) is 9.85. The summed E-state index contributed by atoms with van der Waals surface area (Å²) in [7, 11) is 0. The van der Waals surface area contributed by atoms with E-state index in [0.717, 1.165) is 18.8 Å². The molecule has 90 valence electrons. The molecule has 0 spiro atoms. The minimum atomic E-state index is -0.986. The van der Waals surface area contributed by atoms with E-state index < -0.39 is 12.0 Å². The lowest BCUT2D eigenvalue weighted by Crippen LogP contribution is -2.32. The maximum Gasteiger partial charge on any atom is 0.321 e. The molecular weight excluding hydrogens is 230 g/mol. The zero-order valence-electron chi connectivity index (χ0n) is 9.04. The molecular formula is C8H15N5O2S. The normalized spacial score (nSPS) is 12.6. The lowest BCUT2D eigenvalue weighted by atomic mass is 10.4. The van der Waals surface area contributed by atoms with Gasteiger partial charge in [-0.2, -0.15) is 11.8 Å². The third kappa shape index (κ3) is 3.78. The van der Waals surface area contributed by atoms with Crippen LogP contribution < -0.4 is 5.73 Å². The minimum absolute atomic E-state index is 0.355. The van der Waals surface area contributed by atoms with Crippen LogP contribution in [0.5, 0.6) is 0 Å². The van der Waals surface area contributed by atoms with Gasteiger partial charge in [-0.3, -0.25) is 4.79 Å². The first-order valence-electron chi connectivity index (χ1n) is 4.96. The Kier molecular flexibility index (Phi) is 5.20. The Morgan fingerprint density at radius 2 is 2.44 bits per heavy atom. The molecule has 0 fully saturated rings. The highest BCUT2D eigenvalue weighted by Crippen LogP contribution is 2.10. The van der Waals surface area contributed by atoms with Gasteiger partial charge in [0.1, 0.15) is 6.04 Å². The molecule has 16 heavy (non-hydrogen) atoms. The van der Waals surface area contributed by atoms with Crippen LogP contribution in [0, 0.1) is 0 Å². The number of tetrazole rings is 1. The van der Waals surface area contributed by atoms with E-state index in [2.05, 4.69) is 15.5 Å². The number of carboxylic acids is 1. The summed E-state index contributed by atoms with van der Waals surface area (Å²) in [6, 6.07) is -0.833. The molecule has 0 saturated heterocycles. The van der Waals surface area contributed by atoms with Crippen molar-refractivity contribution in [2.45, 2.75) is 31.7 Å². The van der Waals surface area contributed by atoms with Crippen molar-refractivity contribution >= 4 is 17.7 Å². The fourth-order valence-corrected chi connectivity index (χ4v) is 1.96. The number of hydrogen-bond acceptors (Lipinski definition) is 6. The average Bonchev–Trinajstić information content (AvgIpc) is 2.66. The first-order chi connectivity index (χ1) is 7.65. The standard InChI is InChI=1S/C8H15N5O2S/c1-2-3-13-7(10-11-12-13)5-16-4-6(9)8(14)15/h6H,2-5,9H2,1H3,(H,14,15)/t6-/m1/s1. The van der Waals surface area contributed by atoms with Gasteiger partial charge in [-0.1, -0.05) is 6.92 Å².